The van der Waals surface area contributed by atoms with Crippen molar-refractivity contribution in [3.8, 4) is 0 Å². The van der Waals surface area contributed by atoms with Crippen molar-refractivity contribution < 1.29 is 22.0 Å². The Morgan fingerprint density at radius 1 is 1.35 bits per heavy atom. The predicted octanol–water partition coefficient (Wildman–Crippen LogP) is 0.858. The molecule has 0 saturated carbocycles. The summed E-state index contributed by atoms with van der Waals surface area (Å²) in [6, 6.07) is 3.31. The van der Waals surface area contributed by atoms with Gasteiger partial charge in [-0.15, -0.1) is 0 Å². The van der Waals surface area contributed by atoms with E-state index in [1.165, 1.54) is 17.0 Å². The first kappa shape index (κ1) is 14.9. The maximum Gasteiger partial charge on any atom is 0.256 e. The molecular weight excluding hydrogens is 290 g/mol. The number of carbonyl (C=O) groups excluding carboxylic acids is 1. The second-order valence-electron chi connectivity index (χ2n) is 4.71. The Bertz CT molecular complexity index is 634. The highest BCUT2D eigenvalue weighted by molar-refractivity contribution is 7.89. The van der Waals surface area contributed by atoms with E-state index >= 15 is 0 Å². The monoisotopic (exact) mass is 304 g/mol. The summed E-state index contributed by atoms with van der Waals surface area (Å²) in [6.45, 7) is 0.189. The van der Waals surface area contributed by atoms with Gasteiger partial charge in [-0.1, -0.05) is 6.07 Å². The number of piperidine rings is 1. The largest absolute Gasteiger partial charge is 0.337 e. The quantitative estimate of drug-likeness (QED) is 0.880. The number of likely N-dealkylation sites (tertiary alicyclic amines) is 1. The standard InChI is InChI=1S/C12H14F2N2O3S/c13-10-5-1-4-9(11(10)14)12(17)16-6-2-3-8(7-16)20(15,18)19/h1,4-5,8H,2-3,6-7H2,(H2,15,18,19). The molecule has 1 heterocycles. The lowest BCUT2D eigenvalue weighted by atomic mass is 10.1. The molecule has 1 aromatic rings. The van der Waals surface area contributed by atoms with E-state index in [4.69, 9.17) is 5.14 Å². The van der Waals surface area contributed by atoms with Gasteiger partial charge in [0.05, 0.1) is 10.8 Å². The van der Waals surface area contributed by atoms with Crippen molar-refractivity contribution in [2.75, 3.05) is 13.1 Å². The Balaban J connectivity index is 2.23. The van der Waals surface area contributed by atoms with Gasteiger partial charge in [-0.3, -0.25) is 4.79 Å². The van der Waals surface area contributed by atoms with E-state index in [2.05, 4.69) is 0 Å². The number of sulfonamides is 1. The summed E-state index contributed by atoms with van der Waals surface area (Å²) in [5.74, 6) is -3.07. The molecule has 0 spiro atoms. The van der Waals surface area contributed by atoms with Crippen LogP contribution < -0.4 is 5.14 Å². The summed E-state index contributed by atoms with van der Waals surface area (Å²) in [4.78, 5) is 13.3. The van der Waals surface area contributed by atoms with Crippen LogP contribution in [0.1, 0.15) is 23.2 Å². The second kappa shape index (κ2) is 5.45. The summed E-state index contributed by atoms with van der Waals surface area (Å²) in [7, 11) is -3.75. The van der Waals surface area contributed by atoms with Crippen LogP contribution in [0.15, 0.2) is 18.2 Å². The van der Waals surface area contributed by atoms with Gasteiger partial charge < -0.3 is 4.90 Å². The summed E-state index contributed by atoms with van der Waals surface area (Å²) >= 11 is 0. The Hall–Kier alpha value is -1.54. The number of primary sulfonamides is 1. The lowest BCUT2D eigenvalue weighted by Crippen LogP contribution is -2.47. The number of benzene rings is 1. The molecule has 5 nitrogen and oxygen atoms in total. The summed E-state index contributed by atoms with van der Waals surface area (Å²) in [6.07, 6.45) is 0.804. The number of carbonyl (C=O) groups is 1. The summed E-state index contributed by atoms with van der Waals surface area (Å²) < 4.78 is 49.3. The molecule has 1 aromatic carbocycles. The molecule has 1 unspecified atom stereocenters. The molecule has 0 aromatic heterocycles. The molecule has 1 aliphatic rings. The molecule has 110 valence electrons. The van der Waals surface area contributed by atoms with Crippen LogP contribution in [0.3, 0.4) is 0 Å². The molecule has 1 aliphatic heterocycles. The predicted molar refractivity (Wildman–Crippen MR) is 68.4 cm³/mol. The Morgan fingerprint density at radius 3 is 2.70 bits per heavy atom. The zero-order chi connectivity index (χ0) is 14.9. The molecule has 1 saturated heterocycles. The third kappa shape index (κ3) is 2.96. The van der Waals surface area contributed by atoms with Crippen molar-refractivity contribution >= 4 is 15.9 Å². The third-order valence-electron chi connectivity index (χ3n) is 3.31. The number of nitrogens with zero attached hydrogens (tertiary/aromatic N) is 1. The van der Waals surface area contributed by atoms with Gasteiger partial charge in [0.25, 0.3) is 5.91 Å². The number of amides is 1. The molecule has 20 heavy (non-hydrogen) atoms. The number of rotatable bonds is 2. The molecule has 2 rings (SSSR count). The highest BCUT2D eigenvalue weighted by Gasteiger charge is 2.31. The smallest absolute Gasteiger partial charge is 0.256 e. The fraction of sp³-hybridized carbons (Fsp3) is 0.417. The van der Waals surface area contributed by atoms with Crippen molar-refractivity contribution in [1.82, 2.24) is 4.90 Å². The fourth-order valence-electron chi connectivity index (χ4n) is 2.23. The maximum atomic E-state index is 13.6. The van der Waals surface area contributed by atoms with Crippen LogP contribution in [0.2, 0.25) is 0 Å². The molecule has 8 heteroatoms. The molecule has 0 bridgehead atoms. The first-order chi connectivity index (χ1) is 9.30. The number of nitrogens with two attached hydrogens (primary N) is 1. The first-order valence-electron chi connectivity index (χ1n) is 6.05. The zero-order valence-electron chi connectivity index (χ0n) is 10.6. The minimum absolute atomic E-state index is 0.104. The lowest BCUT2D eigenvalue weighted by Gasteiger charge is -2.31. The van der Waals surface area contributed by atoms with E-state index in [-0.39, 0.29) is 6.54 Å². The SMILES string of the molecule is NS(=O)(=O)C1CCCN(C(=O)c2cccc(F)c2F)C1. The van der Waals surface area contributed by atoms with Gasteiger partial charge in [0, 0.05) is 13.1 Å². The number of halogens is 2. The van der Waals surface area contributed by atoms with Crippen LogP contribution in [-0.4, -0.2) is 37.6 Å². The van der Waals surface area contributed by atoms with Gasteiger partial charge in [0.2, 0.25) is 10.0 Å². The highest BCUT2D eigenvalue weighted by Crippen LogP contribution is 2.19. The second-order valence-corrected chi connectivity index (χ2v) is 6.55. The van der Waals surface area contributed by atoms with E-state index in [1.54, 1.807) is 0 Å². The molecule has 1 atom stereocenters. The van der Waals surface area contributed by atoms with Gasteiger partial charge in [0.1, 0.15) is 0 Å². The minimum Gasteiger partial charge on any atom is -0.337 e. The zero-order valence-corrected chi connectivity index (χ0v) is 11.4. The van der Waals surface area contributed by atoms with Crippen LogP contribution >= 0.6 is 0 Å². The minimum atomic E-state index is -3.75. The van der Waals surface area contributed by atoms with E-state index in [9.17, 15) is 22.0 Å². The van der Waals surface area contributed by atoms with Crippen molar-refractivity contribution in [3.05, 3.63) is 35.4 Å². The summed E-state index contributed by atoms with van der Waals surface area (Å²) in [5.41, 5.74) is -0.403. The van der Waals surface area contributed by atoms with E-state index < -0.39 is 38.4 Å². The Labute approximate surface area is 115 Å². The van der Waals surface area contributed by atoms with Crippen LogP contribution in [0, 0.1) is 11.6 Å². The van der Waals surface area contributed by atoms with Gasteiger partial charge in [-0.2, -0.15) is 0 Å². The van der Waals surface area contributed by atoms with Crippen molar-refractivity contribution in [3.63, 3.8) is 0 Å². The third-order valence-corrected chi connectivity index (χ3v) is 4.63. The fourth-order valence-corrected chi connectivity index (χ4v) is 3.11. The van der Waals surface area contributed by atoms with Crippen LogP contribution in [0.25, 0.3) is 0 Å². The first-order valence-corrected chi connectivity index (χ1v) is 7.66. The highest BCUT2D eigenvalue weighted by atomic mass is 32.2. The summed E-state index contributed by atoms with van der Waals surface area (Å²) in [5, 5.41) is 4.20. The topological polar surface area (TPSA) is 80.5 Å². The molecule has 0 radical (unpaired) electrons. The normalized spacial score (nSPS) is 19.9. The molecule has 1 fully saturated rings. The van der Waals surface area contributed by atoms with Gasteiger partial charge in [-0.25, -0.2) is 22.3 Å². The number of hydrogen-bond acceptors (Lipinski definition) is 3. The average molecular weight is 304 g/mol. The van der Waals surface area contributed by atoms with E-state index in [1.807, 2.05) is 0 Å². The van der Waals surface area contributed by atoms with E-state index in [0.717, 1.165) is 6.07 Å². The molecule has 0 aliphatic carbocycles. The van der Waals surface area contributed by atoms with Gasteiger partial charge in [0.15, 0.2) is 11.6 Å². The van der Waals surface area contributed by atoms with Gasteiger partial charge >= 0.3 is 0 Å². The van der Waals surface area contributed by atoms with Gasteiger partial charge in [-0.05, 0) is 25.0 Å². The van der Waals surface area contributed by atoms with Crippen LogP contribution in [0.4, 0.5) is 8.78 Å². The molecule has 2 N–H and O–H groups in total. The number of hydrogen-bond donors (Lipinski definition) is 1. The van der Waals surface area contributed by atoms with Crippen molar-refractivity contribution in [1.29, 1.82) is 0 Å². The molecular formula is C12H14F2N2O3S. The molecule has 1 amide bonds. The van der Waals surface area contributed by atoms with Crippen LogP contribution in [-0.2, 0) is 10.0 Å². The van der Waals surface area contributed by atoms with E-state index in [0.29, 0.717) is 19.4 Å². The lowest BCUT2D eigenvalue weighted by molar-refractivity contribution is 0.0721. The Morgan fingerprint density at radius 2 is 2.05 bits per heavy atom. The van der Waals surface area contributed by atoms with Crippen molar-refractivity contribution in [2.45, 2.75) is 18.1 Å². The maximum absolute atomic E-state index is 13.6. The van der Waals surface area contributed by atoms with Crippen molar-refractivity contribution in [2.24, 2.45) is 5.14 Å². The van der Waals surface area contributed by atoms with Crippen LogP contribution in [0.5, 0.6) is 0 Å². The Kier molecular flexibility index (Phi) is 4.05. The average Bonchev–Trinajstić information content (AvgIpc) is 2.40.